The number of hydrogen-bond acceptors (Lipinski definition) is 8. The summed E-state index contributed by atoms with van der Waals surface area (Å²) in [5, 5.41) is -0.112. The lowest BCUT2D eigenvalue weighted by Crippen LogP contribution is -2.44. The molecule has 1 saturated heterocycles. The van der Waals surface area contributed by atoms with Crippen LogP contribution >= 0.6 is 11.8 Å². The zero-order valence-corrected chi connectivity index (χ0v) is 27.9. The lowest BCUT2D eigenvalue weighted by atomic mass is 9.84. The molecule has 1 aliphatic rings. The highest BCUT2D eigenvalue weighted by molar-refractivity contribution is 8.01. The molecule has 0 radical (unpaired) electrons. The highest BCUT2D eigenvalue weighted by atomic mass is 32.2. The second kappa shape index (κ2) is 15.5. The molecule has 0 unspecified atom stereocenters. The average molecular weight is 675 g/mol. The van der Waals surface area contributed by atoms with E-state index in [2.05, 4.69) is 45.9 Å². The zero-order valence-electron chi connectivity index (χ0n) is 26.3. The second-order valence-electron chi connectivity index (χ2n) is 11.1. The van der Waals surface area contributed by atoms with Gasteiger partial charge in [-0.1, -0.05) is 103 Å². The lowest BCUT2D eigenvalue weighted by molar-refractivity contribution is -0.137. The first-order valence-electron chi connectivity index (χ1n) is 15.2. The molecule has 4 aromatic rings. The molecule has 1 amide bonds. The number of benzene rings is 4. The largest absolute Gasteiger partial charge is 0.497 e. The average Bonchev–Trinajstić information content (AvgIpc) is 3.52. The van der Waals surface area contributed by atoms with Crippen molar-refractivity contribution in [2.75, 3.05) is 33.1 Å². The lowest BCUT2D eigenvalue weighted by Gasteiger charge is -2.37. The van der Waals surface area contributed by atoms with Crippen molar-refractivity contribution in [2.24, 2.45) is 0 Å². The molecule has 246 valence electrons. The van der Waals surface area contributed by atoms with Gasteiger partial charge in [0.2, 0.25) is 10.0 Å². The first-order chi connectivity index (χ1) is 22.7. The highest BCUT2D eigenvalue weighted by Gasteiger charge is 2.44. The Bertz CT molecular complexity index is 1630. The van der Waals surface area contributed by atoms with Gasteiger partial charge in [-0.3, -0.25) is 4.79 Å². The minimum atomic E-state index is -3.99. The van der Waals surface area contributed by atoms with Crippen molar-refractivity contribution < 1.29 is 32.2 Å². The van der Waals surface area contributed by atoms with E-state index in [-0.39, 0.29) is 18.4 Å². The Labute approximate surface area is 280 Å². The van der Waals surface area contributed by atoms with Crippen LogP contribution in [0.25, 0.3) is 0 Å². The van der Waals surface area contributed by atoms with Gasteiger partial charge in [0.25, 0.3) is 0 Å². The van der Waals surface area contributed by atoms with Gasteiger partial charge in [0.15, 0.2) is 5.75 Å². The van der Waals surface area contributed by atoms with Crippen molar-refractivity contribution >= 4 is 33.8 Å². The summed E-state index contributed by atoms with van der Waals surface area (Å²) >= 11 is 1.74. The molecule has 0 aliphatic carbocycles. The van der Waals surface area contributed by atoms with Crippen molar-refractivity contribution in [3.8, 4) is 5.75 Å². The predicted molar refractivity (Wildman–Crippen MR) is 183 cm³/mol. The summed E-state index contributed by atoms with van der Waals surface area (Å²) in [6, 6.07) is 37.5. The van der Waals surface area contributed by atoms with Crippen LogP contribution in [0.2, 0.25) is 0 Å². The number of likely N-dealkylation sites (tertiary alicyclic amines) is 1. The van der Waals surface area contributed by atoms with Gasteiger partial charge in [0, 0.05) is 24.4 Å². The van der Waals surface area contributed by atoms with Crippen LogP contribution in [0.5, 0.6) is 5.75 Å². The number of hydrogen-bond donors (Lipinski definition) is 1. The molecule has 0 spiro atoms. The van der Waals surface area contributed by atoms with Crippen LogP contribution in [-0.2, 0) is 35.6 Å². The van der Waals surface area contributed by atoms with E-state index in [0.29, 0.717) is 18.7 Å². The molecule has 0 bridgehead atoms. The molecule has 9 nitrogen and oxygen atoms in total. The molecule has 5 rings (SSSR count). The number of rotatable bonds is 13. The summed E-state index contributed by atoms with van der Waals surface area (Å²) in [6.07, 6.45) is -0.0667. The molecule has 47 heavy (non-hydrogen) atoms. The van der Waals surface area contributed by atoms with E-state index >= 15 is 0 Å². The topological polar surface area (TPSA) is 111 Å². The number of ether oxygens (including phenoxy) is 3. The Hall–Kier alpha value is -4.32. The maximum absolute atomic E-state index is 13.6. The third kappa shape index (κ3) is 8.34. The van der Waals surface area contributed by atoms with Crippen LogP contribution in [0.1, 0.15) is 28.7 Å². The van der Waals surface area contributed by atoms with E-state index < -0.39 is 38.6 Å². The Morgan fingerprint density at radius 3 is 1.85 bits per heavy atom. The number of thioether (sulfide) groups is 1. The van der Waals surface area contributed by atoms with E-state index in [0.717, 1.165) is 29.4 Å². The fourth-order valence-electron chi connectivity index (χ4n) is 5.79. The molecule has 4 aromatic carbocycles. The van der Waals surface area contributed by atoms with E-state index in [1.165, 1.54) is 0 Å². The summed E-state index contributed by atoms with van der Waals surface area (Å²) in [5.41, 5.74) is 4.03. The molecular formula is C36H38N2O7S2. The third-order valence-corrected chi connectivity index (χ3v) is 11.0. The van der Waals surface area contributed by atoms with Crippen molar-refractivity contribution in [3.63, 3.8) is 0 Å². The van der Waals surface area contributed by atoms with E-state index in [1.54, 1.807) is 35.9 Å². The first kappa shape index (κ1) is 34.0. The number of nitrogens with zero attached hydrogens (tertiary/aromatic N) is 1. The Morgan fingerprint density at radius 1 is 0.830 bits per heavy atom. The van der Waals surface area contributed by atoms with Gasteiger partial charge in [-0.2, -0.15) is 0 Å². The summed E-state index contributed by atoms with van der Waals surface area (Å²) in [4.78, 5) is 27.0. The molecule has 11 heteroatoms. The predicted octanol–water partition coefficient (Wildman–Crippen LogP) is 5.59. The number of sulfonamides is 1. The highest BCUT2D eigenvalue weighted by Crippen LogP contribution is 2.52. The molecule has 1 N–H and O–H groups in total. The van der Waals surface area contributed by atoms with Gasteiger partial charge in [-0.25, -0.2) is 17.9 Å². The minimum Gasteiger partial charge on any atom is -0.497 e. The SMILES string of the molecule is COC(=O)CS(=O)(=O)NC[C@@H]1C[C@H](SC(c2ccccc2)(c2ccccc2)c2ccccc2)CN1C(=O)OCc1ccc(OC)cc1. The summed E-state index contributed by atoms with van der Waals surface area (Å²) in [6.45, 7) is 0.284. The van der Waals surface area contributed by atoms with Crippen molar-refractivity contribution in [2.45, 2.75) is 29.1 Å². The molecular weight excluding hydrogens is 637 g/mol. The number of nitrogens with one attached hydrogen (secondary N) is 1. The fraction of sp³-hybridized carbons (Fsp3) is 0.278. The van der Waals surface area contributed by atoms with Gasteiger partial charge in [-0.05, 0) is 40.8 Å². The van der Waals surface area contributed by atoms with Crippen LogP contribution in [-0.4, -0.2) is 69.7 Å². The standard InChI is InChI=1S/C36H38N2O7S2/c1-43-32-20-18-27(19-21-32)25-45-35(40)38-24-33(22-31(38)23-37-47(41,42)26-34(39)44-2)46-36(28-12-6-3-7-13-28,29-14-8-4-9-15-29)30-16-10-5-11-17-30/h3-21,31,33,37H,22-26H2,1-2H3/t31-,33-/m0/s1. The van der Waals surface area contributed by atoms with Gasteiger partial charge in [-0.15, -0.1) is 11.8 Å². The van der Waals surface area contributed by atoms with Crippen LogP contribution in [0.3, 0.4) is 0 Å². The van der Waals surface area contributed by atoms with Crippen LogP contribution < -0.4 is 9.46 Å². The van der Waals surface area contributed by atoms with E-state index in [9.17, 15) is 18.0 Å². The third-order valence-electron chi connectivity index (χ3n) is 8.09. The zero-order chi connectivity index (χ0) is 33.3. The van der Waals surface area contributed by atoms with Gasteiger partial charge >= 0.3 is 12.1 Å². The van der Waals surface area contributed by atoms with E-state index in [4.69, 9.17) is 9.47 Å². The maximum atomic E-state index is 13.6. The maximum Gasteiger partial charge on any atom is 0.410 e. The Kier molecular flexibility index (Phi) is 11.2. The summed E-state index contributed by atoms with van der Waals surface area (Å²) < 4.78 is 42.8. The van der Waals surface area contributed by atoms with Gasteiger partial charge < -0.3 is 19.1 Å². The van der Waals surface area contributed by atoms with Crippen LogP contribution in [0, 0.1) is 0 Å². The fourth-order valence-corrected chi connectivity index (χ4v) is 8.63. The monoisotopic (exact) mass is 674 g/mol. The quantitative estimate of drug-likeness (QED) is 0.144. The Balaban J connectivity index is 1.45. The minimum absolute atomic E-state index is 0.0416. The first-order valence-corrected chi connectivity index (χ1v) is 17.7. The number of amides is 1. The summed E-state index contributed by atoms with van der Waals surface area (Å²) in [7, 11) is -1.28. The van der Waals surface area contributed by atoms with Crippen LogP contribution in [0.15, 0.2) is 115 Å². The Morgan fingerprint density at radius 2 is 1.36 bits per heavy atom. The smallest absolute Gasteiger partial charge is 0.410 e. The molecule has 2 atom stereocenters. The second-order valence-corrected chi connectivity index (χ2v) is 14.5. The normalized spacial score (nSPS) is 16.4. The van der Waals surface area contributed by atoms with Crippen molar-refractivity contribution in [1.29, 1.82) is 0 Å². The number of methoxy groups -OCH3 is 2. The molecule has 0 aromatic heterocycles. The molecule has 1 aliphatic heterocycles. The van der Waals surface area contributed by atoms with Crippen molar-refractivity contribution in [3.05, 3.63) is 138 Å². The van der Waals surface area contributed by atoms with Gasteiger partial charge in [0.05, 0.1) is 19.0 Å². The molecule has 1 fully saturated rings. The van der Waals surface area contributed by atoms with E-state index in [1.807, 2.05) is 66.7 Å². The molecule has 1 heterocycles. The number of esters is 1. The summed E-state index contributed by atoms with van der Waals surface area (Å²) in [5.74, 6) is -0.987. The van der Waals surface area contributed by atoms with Crippen LogP contribution in [0.4, 0.5) is 4.79 Å². The number of carbonyl (C=O) groups is 2. The van der Waals surface area contributed by atoms with Gasteiger partial charge in [0.1, 0.15) is 12.4 Å². The van der Waals surface area contributed by atoms with Crippen molar-refractivity contribution in [1.82, 2.24) is 9.62 Å². The number of carbonyl (C=O) groups excluding carboxylic acids is 2. The molecule has 0 saturated carbocycles.